The van der Waals surface area contributed by atoms with Crippen LogP contribution >= 0.6 is 0 Å². The maximum Gasteiger partial charge on any atom is 0.340 e. The fraction of sp³-hybridized carbons (Fsp3) is 0.471. The summed E-state index contributed by atoms with van der Waals surface area (Å²) in [6.07, 6.45) is 2.15. The van der Waals surface area contributed by atoms with E-state index >= 15 is 0 Å². The van der Waals surface area contributed by atoms with Gasteiger partial charge in [0.15, 0.2) is 0 Å². The van der Waals surface area contributed by atoms with E-state index in [-0.39, 0.29) is 18.4 Å². The number of rotatable bonds is 4. The molecule has 1 saturated heterocycles. The topological polar surface area (TPSA) is 76.4 Å². The van der Waals surface area contributed by atoms with Crippen LogP contribution in [0, 0.1) is 11.3 Å². The number of nitrogens with zero attached hydrogens (tertiary/aromatic N) is 3. The lowest BCUT2D eigenvalue weighted by atomic mass is 10.0. The van der Waals surface area contributed by atoms with Crippen LogP contribution < -0.4 is 5.32 Å². The number of aryl methyl sites for hydroxylation is 2. The van der Waals surface area contributed by atoms with Crippen molar-refractivity contribution in [3.8, 4) is 6.07 Å². The summed E-state index contributed by atoms with van der Waals surface area (Å²) in [6, 6.07) is 7.51. The number of urea groups is 1. The molecule has 122 valence electrons. The summed E-state index contributed by atoms with van der Waals surface area (Å²) >= 11 is 0. The third-order valence-electron chi connectivity index (χ3n) is 4.01. The first-order valence-corrected chi connectivity index (χ1v) is 7.98. The molecule has 3 amide bonds. The van der Waals surface area contributed by atoms with Gasteiger partial charge in [0.2, 0.25) is 0 Å². The fourth-order valence-electron chi connectivity index (χ4n) is 2.82. The van der Waals surface area contributed by atoms with Crippen molar-refractivity contribution in [3.05, 3.63) is 29.3 Å². The van der Waals surface area contributed by atoms with Gasteiger partial charge in [-0.3, -0.25) is 4.79 Å². The standard InChI is InChI=1S/C17H22N4O2/c1-3-13-7-5-8-14(4-2)16(13)19-17(23)21-12-6-11-20(21)15(22)9-10-18/h5,7-8H,3-4,6,9,11-12H2,1-2H3,(H,19,23). The Hall–Kier alpha value is -2.55. The molecule has 1 aliphatic heterocycles. The van der Waals surface area contributed by atoms with Crippen LogP contribution in [0.1, 0.15) is 37.8 Å². The molecule has 1 aliphatic rings. The molecule has 0 radical (unpaired) electrons. The molecule has 0 saturated carbocycles. The van der Waals surface area contributed by atoms with Gasteiger partial charge < -0.3 is 5.32 Å². The second-order valence-electron chi connectivity index (χ2n) is 5.42. The lowest BCUT2D eigenvalue weighted by molar-refractivity contribution is -0.138. The van der Waals surface area contributed by atoms with Crippen LogP contribution in [0.15, 0.2) is 18.2 Å². The van der Waals surface area contributed by atoms with Gasteiger partial charge in [-0.05, 0) is 30.4 Å². The molecule has 0 atom stereocenters. The van der Waals surface area contributed by atoms with Gasteiger partial charge in [-0.15, -0.1) is 0 Å². The molecule has 1 fully saturated rings. The second-order valence-corrected chi connectivity index (χ2v) is 5.42. The average Bonchev–Trinajstić information content (AvgIpc) is 3.05. The Balaban J connectivity index is 2.19. The monoisotopic (exact) mass is 314 g/mol. The van der Waals surface area contributed by atoms with E-state index in [0.717, 1.165) is 36.1 Å². The van der Waals surface area contributed by atoms with Gasteiger partial charge in [0.05, 0.1) is 6.07 Å². The maximum absolute atomic E-state index is 12.6. The third kappa shape index (κ3) is 3.62. The highest BCUT2D eigenvalue weighted by Crippen LogP contribution is 2.24. The minimum absolute atomic E-state index is 0.213. The number of nitriles is 1. The predicted octanol–water partition coefficient (Wildman–Crippen LogP) is 2.71. The van der Waals surface area contributed by atoms with Crippen molar-refractivity contribution in [2.75, 3.05) is 18.4 Å². The second kappa shape index (κ2) is 7.63. The zero-order valence-corrected chi connectivity index (χ0v) is 13.6. The van der Waals surface area contributed by atoms with Crippen molar-refractivity contribution in [3.63, 3.8) is 0 Å². The van der Waals surface area contributed by atoms with E-state index in [2.05, 4.69) is 5.32 Å². The minimum atomic E-state index is -0.334. The SMILES string of the molecule is CCc1cccc(CC)c1NC(=O)N1CCCN1C(=O)CC#N. The van der Waals surface area contributed by atoms with Gasteiger partial charge in [-0.25, -0.2) is 14.8 Å². The molecular formula is C17H22N4O2. The number of carbonyl (C=O) groups is 2. The van der Waals surface area contributed by atoms with E-state index < -0.39 is 0 Å². The Morgan fingerprint density at radius 2 is 1.78 bits per heavy atom. The van der Waals surface area contributed by atoms with Crippen LogP contribution in [0.25, 0.3) is 0 Å². The van der Waals surface area contributed by atoms with Gasteiger partial charge in [-0.1, -0.05) is 32.0 Å². The van der Waals surface area contributed by atoms with Crippen LogP contribution in [-0.4, -0.2) is 35.0 Å². The number of anilines is 1. The Bertz CT molecular complexity index is 614. The molecule has 1 N–H and O–H groups in total. The van der Waals surface area contributed by atoms with E-state index in [1.807, 2.05) is 38.1 Å². The van der Waals surface area contributed by atoms with Crippen LogP contribution in [0.2, 0.25) is 0 Å². The first-order chi connectivity index (χ1) is 11.1. The largest absolute Gasteiger partial charge is 0.340 e. The van der Waals surface area contributed by atoms with Gasteiger partial charge in [-0.2, -0.15) is 5.26 Å². The number of nitrogens with one attached hydrogen (secondary N) is 1. The Morgan fingerprint density at radius 3 is 2.35 bits per heavy atom. The lowest BCUT2D eigenvalue weighted by Gasteiger charge is -2.28. The van der Waals surface area contributed by atoms with E-state index in [9.17, 15) is 9.59 Å². The van der Waals surface area contributed by atoms with Gasteiger partial charge >= 0.3 is 6.03 Å². The Labute approximate surface area is 136 Å². The number of benzene rings is 1. The van der Waals surface area contributed by atoms with Crippen molar-refractivity contribution < 1.29 is 9.59 Å². The molecule has 0 unspecified atom stereocenters. The summed E-state index contributed by atoms with van der Waals surface area (Å²) in [5, 5.41) is 14.4. The number of hydrogen-bond acceptors (Lipinski definition) is 3. The Morgan fingerprint density at radius 1 is 1.17 bits per heavy atom. The van der Waals surface area contributed by atoms with Gasteiger partial charge in [0.1, 0.15) is 6.42 Å². The average molecular weight is 314 g/mol. The zero-order valence-electron chi connectivity index (χ0n) is 13.6. The molecule has 6 nitrogen and oxygen atoms in total. The molecular weight excluding hydrogens is 292 g/mol. The van der Waals surface area contributed by atoms with Crippen LogP contribution in [-0.2, 0) is 17.6 Å². The predicted molar refractivity (Wildman–Crippen MR) is 87.5 cm³/mol. The number of hydrazine groups is 1. The van der Waals surface area contributed by atoms with Crippen molar-refractivity contribution in [1.29, 1.82) is 5.26 Å². The number of para-hydroxylation sites is 1. The summed E-state index contributed by atoms with van der Waals surface area (Å²) in [7, 11) is 0. The van der Waals surface area contributed by atoms with Gasteiger partial charge in [0.25, 0.3) is 5.91 Å². The van der Waals surface area contributed by atoms with E-state index in [1.54, 1.807) is 0 Å². The number of hydrogen-bond donors (Lipinski definition) is 1. The summed E-state index contributed by atoms with van der Waals surface area (Å²) in [5.74, 6) is -0.334. The molecule has 0 aliphatic carbocycles. The quantitative estimate of drug-likeness (QED) is 0.928. The molecule has 0 spiro atoms. The summed E-state index contributed by atoms with van der Waals surface area (Å²) < 4.78 is 0. The summed E-state index contributed by atoms with van der Waals surface area (Å²) in [5.41, 5.74) is 2.99. The normalized spacial score (nSPS) is 13.8. The smallest absolute Gasteiger partial charge is 0.306 e. The van der Waals surface area contributed by atoms with Crippen LogP contribution in [0.5, 0.6) is 0 Å². The minimum Gasteiger partial charge on any atom is -0.306 e. The summed E-state index contributed by atoms with van der Waals surface area (Å²) in [4.78, 5) is 24.5. The molecule has 0 bridgehead atoms. The van der Waals surface area contributed by atoms with Crippen molar-refractivity contribution >= 4 is 17.6 Å². The van der Waals surface area contributed by atoms with Crippen molar-refractivity contribution in [2.45, 2.75) is 39.5 Å². The van der Waals surface area contributed by atoms with Crippen LogP contribution in [0.3, 0.4) is 0 Å². The van der Waals surface area contributed by atoms with Gasteiger partial charge in [0, 0.05) is 18.8 Å². The summed E-state index contributed by atoms with van der Waals surface area (Å²) in [6.45, 7) is 5.05. The molecule has 2 rings (SSSR count). The number of carbonyl (C=O) groups excluding carboxylic acids is 2. The molecule has 1 aromatic rings. The third-order valence-corrected chi connectivity index (χ3v) is 4.01. The molecule has 23 heavy (non-hydrogen) atoms. The molecule has 1 heterocycles. The zero-order chi connectivity index (χ0) is 16.8. The van der Waals surface area contributed by atoms with Crippen LogP contribution in [0.4, 0.5) is 10.5 Å². The highest BCUT2D eigenvalue weighted by molar-refractivity contribution is 5.93. The molecule has 0 aromatic heterocycles. The van der Waals surface area contributed by atoms with E-state index in [4.69, 9.17) is 5.26 Å². The lowest BCUT2D eigenvalue weighted by Crippen LogP contribution is -2.46. The fourth-order valence-corrected chi connectivity index (χ4v) is 2.82. The maximum atomic E-state index is 12.6. The van der Waals surface area contributed by atoms with Crippen molar-refractivity contribution in [2.24, 2.45) is 0 Å². The highest BCUT2D eigenvalue weighted by Gasteiger charge is 2.30. The number of amides is 3. The Kier molecular flexibility index (Phi) is 5.58. The first kappa shape index (κ1) is 16.8. The van der Waals surface area contributed by atoms with Crippen molar-refractivity contribution in [1.82, 2.24) is 10.0 Å². The van der Waals surface area contributed by atoms with E-state index in [1.165, 1.54) is 10.0 Å². The molecule has 6 heteroatoms. The van der Waals surface area contributed by atoms with E-state index in [0.29, 0.717) is 13.1 Å². The first-order valence-electron chi connectivity index (χ1n) is 7.98. The highest BCUT2D eigenvalue weighted by atomic mass is 16.2. The molecule has 1 aromatic carbocycles.